The number of hydrogen-bond donors (Lipinski definition) is 1. The average Bonchev–Trinajstić information content (AvgIpc) is 2.05. The first-order valence-corrected chi connectivity index (χ1v) is 2.84. The second-order valence-electron chi connectivity index (χ2n) is 1.86. The van der Waals surface area contributed by atoms with E-state index in [4.69, 9.17) is 11.7 Å². The van der Waals surface area contributed by atoms with Crippen LogP contribution in [0.1, 0.15) is 12.5 Å². The normalized spacial score (nSPS) is 13.4. The monoisotopic (exact) mass is 134 g/mol. The lowest BCUT2D eigenvalue weighted by Gasteiger charge is -1.92. The van der Waals surface area contributed by atoms with Crippen LogP contribution in [0.2, 0.25) is 0 Å². The van der Waals surface area contributed by atoms with Crippen molar-refractivity contribution in [2.45, 2.75) is 6.58 Å². The molecule has 1 atom stereocenters. The van der Waals surface area contributed by atoms with Gasteiger partial charge >= 0.3 is 0 Å². The van der Waals surface area contributed by atoms with Gasteiger partial charge in [-0.1, -0.05) is 12.1 Å². The molecule has 0 spiro atoms. The molecule has 0 radical (unpaired) electrons. The third kappa shape index (κ3) is 1.34. The van der Waals surface area contributed by atoms with Crippen LogP contribution in [0.3, 0.4) is 0 Å². The molecule has 0 fully saturated rings. The van der Waals surface area contributed by atoms with Gasteiger partial charge < -0.3 is 5.11 Å². The maximum absolute atomic E-state index is 8.77. The van der Waals surface area contributed by atoms with E-state index in [1.807, 2.05) is 6.07 Å². The molecule has 2 heteroatoms. The first-order chi connectivity index (χ1) is 5.24. The van der Waals surface area contributed by atoms with Gasteiger partial charge in [0.2, 0.25) is 0 Å². The zero-order chi connectivity index (χ0) is 8.27. The molecule has 0 aliphatic heterocycles. The first-order valence-electron chi connectivity index (χ1n) is 3.42. The van der Waals surface area contributed by atoms with E-state index in [2.05, 4.69) is 0 Å². The molecule has 1 N–H and O–H groups in total. The predicted molar refractivity (Wildman–Crippen MR) is 37.1 cm³/mol. The highest BCUT2D eigenvalue weighted by molar-refractivity contribution is 5.31. The molecule has 10 heavy (non-hydrogen) atoms. The molecule has 1 rings (SSSR count). The third-order valence-electron chi connectivity index (χ3n) is 1.19. The summed E-state index contributed by atoms with van der Waals surface area (Å²) in [7, 11) is 0. The van der Waals surface area contributed by atoms with E-state index < -0.39 is 6.58 Å². The van der Waals surface area contributed by atoms with Crippen LogP contribution in [0.5, 0.6) is 0 Å². The van der Waals surface area contributed by atoms with Crippen molar-refractivity contribution in [3.8, 4) is 6.07 Å². The van der Waals surface area contributed by atoms with Crippen molar-refractivity contribution in [3.05, 3.63) is 35.4 Å². The number of nitriles is 1. The summed E-state index contributed by atoms with van der Waals surface area (Å²) in [5.41, 5.74) is 1.04. The Morgan fingerprint density at radius 3 is 2.50 bits per heavy atom. The van der Waals surface area contributed by atoms with Crippen molar-refractivity contribution >= 4 is 0 Å². The molecule has 2 nitrogen and oxygen atoms in total. The first kappa shape index (κ1) is 5.45. The molecule has 0 saturated carbocycles. The number of benzene rings is 1. The van der Waals surface area contributed by atoms with Crippen LogP contribution in [0, 0.1) is 11.3 Å². The highest BCUT2D eigenvalue weighted by Gasteiger charge is 1.89. The Morgan fingerprint density at radius 1 is 1.50 bits per heavy atom. The van der Waals surface area contributed by atoms with Gasteiger partial charge in [0, 0.05) is 0 Å². The van der Waals surface area contributed by atoms with Crippen molar-refractivity contribution in [1.82, 2.24) is 0 Å². The van der Waals surface area contributed by atoms with E-state index in [-0.39, 0.29) is 0 Å². The van der Waals surface area contributed by atoms with Gasteiger partial charge in [0.15, 0.2) is 0 Å². The number of hydrogen-bond acceptors (Lipinski definition) is 2. The van der Waals surface area contributed by atoms with Crippen molar-refractivity contribution in [3.63, 3.8) is 0 Å². The van der Waals surface area contributed by atoms with E-state index in [9.17, 15) is 0 Å². The number of rotatable bonds is 1. The van der Waals surface area contributed by atoms with Gasteiger partial charge in [-0.2, -0.15) is 5.26 Å². The van der Waals surface area contributed by atoms with E-state index in [0.717, 1.165) is 0 Å². The Kier molecular flexibility index (Phi) is 1.63. The van der Waals surface area contributed by atoms with Crippen molar-refractivity contribution < 1.29 is 6.48 Å². The molecule has 1 aromatic carbocycles. The Morgan fingerprint density at radius 2 is 2.10 bits per heavy atom. The predicted octanol–water partition coefficient (Wildman–Crippen LogP) is 1.05. The fraction of sp³-hybridized carbons (Fsp3) is 0.125. The van der Waals surface area contributed by atoms with Gasteiger partial charge in [-0.3, -0.25) is 0 Å². The summed E-state index contributed by atoms with van der Waals surface area (Å²) in [5, 5.41) is 17.2. The van der Waals surface area contributed by atoms with Crippen LogP contribution < -0.4 is 0 Å². The Hall–Kier alpha value is -1.33. The molecule has 1 aromatic rings. The average molecular weight is 134 g/mol. The minimum atomic E-state index is -1.21. The quantitative estimate of drug-likeness (QED) is 0.623. The fourth-order valence-corrected chi connectivity index (χ4v) is 0.644. The minimum absolute atomic E-state index is 0.504. The van der Waals surface area contributed by atoms with Crippen molar-refractivity contribution in [2.75, 3.05) is 0 Å². The van der Waals surface area contributed by atoms with Crippen LogP contribution in [0.15, 0.2) is 24.3 Å². The Bertz CT molecular complexity index is 273. The van der Waals surface area contributed by atoms with Gasteiger partial charge in [0.05, 0.1) is 19.6 Å². The highest BCUT2D eigenvalue weighted by Crippen LogP contribution is 2.01. The number of nitrogens with zero attached hydrogens (tertiary/aromatic N) is 1. The van der Waals surface area contributed by atoms with Crippen molar-refractivity contribution in [1.29, 1.82) is 5.26 Å². The maximum Gasteiger partial charge on any atom is 0.0991 e. The van der Waals surface area contributed by atoms with E-state index in [0.29, 0.717) is 11.1 Å². The Labute approximate surface area is 60.8 Å². The topological polar surface area (TPSA) is 44.0 Å². The smallest absolute Gasteiger partial charge is 0.0991 e. The van der Waals surface area contributed by atoms with Crippen LogP contribution in [-0.2, 0) is 6.58 Å². The van der Waals surface area contributed by atoms with Gasteiger partial charge in [0.1, 0.15) is 0 Å². The van der Waals surface area contributed by atoms with Gasteiger partial charge in [0.25, 0.3) is 0 Å². The van der Waals surface area contributed by atoms with Crippen LogP contribution in [-0.4, -0.2) is 5.11 Å². The molecule has 50 valence electrons. The van der Waals surface area contributed by atoms with Crippen molar-refractivity contribution in [2.24, 2.45) is 0 Å². The molecule has 0 aliphatic carbocycles. The fourth-order valence-electron chi connectivity index (χ4n) is 0.644. The number of aliphatic hydroxyl groups excluding tert-OH is 1. The zero-order valence-electron chi connectivity index (χ0n) is 6.28. The molecular formula is C8H7NO. The summed E-state index contributed by atoms with van der Waals surface area (Å²) >= 11 is 0. The maximum atomic E-state index is 8.77. The summed E-state index contributed by atoms with van der Waals surface area (Å²) in [6.45, 7) is -1.21. The Balaban J connectivity index is 2.94. The lowest BCUT2D eigenvalue weighted by molar-refractivity contribution is 0.282. The van der Waals surface area contributed by atoms with Crippen LogP contribution in [0.4, 0.5) is 0 Å². The summed E-state index contributed by atoms with van der Waals surface area (Å²) < 4.78 is 6.92. The summed E-state index contributed by atoms with van der Waals surface area (Å²) in [5.74, 6) is 0. The lowest BCUT2D eigenvalue weighted by Crippen LogP contribution is -1.81. The molecular weight excluding hydrogens is 126 g/mol. The lowest BCUT2D eigenvalue weighted by atomic mass is 10.2. The van der Waals surface area contributed by atoms with Gasteiger partial charge in [-0.05, 0) is 17.7 Å². The SMILES string of the molecule is [2H][C@@H](O)c1ccc(C#N)cc1. The standard InChI is InChI=1S/C8H7NO/c9-5-7-1-3-8(6-10)4-2-7/h1-4,10H,6H2/i6D/t6-/m1/s1. The number of aliphatic hydroxyl groups is 1. The largest absolute Gasteiger partial charge is 0.392 e. The second-order valence-corrected chi connectivity index (χ2v) is 1.86. The second kappa shape index (κ2) is 3.00. The summed E-state index contributed by atoms with van der Waals surface area (Å²) in [6.07, 6.45) is 0. The minimum Gasteiger partial charge on any atom is -0.392 e. The van der Waals surface area contributed by atoms with E-state index in [1.165, 1.54) is 0 Å². The molecule has 0 aliphatic rings. The third-order valence-corrected chi connectivity index (χ3v) is 1.19. The molecule has 0 saturated heterocycles. The van der Waals surface area contributed by atoms with E-state index >= 15 is 0 Å². The molecule has 0 heterocycles. The van der Waals surface area contributed by atoms with E-state index in [1.54, 1.807) is 24.3 Å². The van der Waals surface area contributed by atoms with Crippen LogP contribution in [0.25, 0.3) is 0 Å². The molecule has 0 aromatic heterocycles. The summed E-state index contributed by atoms with van der Waals surface area (Å²) in [4.78, 5) is 0. The zero-order valence-corrected chi connectivity index (χ0v) is 5.28. The van der Waals surface area contributed by atoms with Crippen LogP contribution >= 0.6 is 0 Å². The molecule has 0 unspecified atom stereocenters. The highest BCUT2D eigenvalue weighted by atomic mass is 16.3. The molecule has 0 bridgehead atoms. The van der Waals surface area contributed by atoms with Gasteiger partial charge in [-0.25, -0.2) is 0 Å². The molecule has 0 amide bonds. The van der Waals surface area contributed by atoms with Gasteiger partial charge in [-0.15, -0.1) is 0 Å². The summed E-state index contributed by atoms with van der Waals surface area (Å²) in [6, 6.07) is 8.23.